The molecule has 1 radical (unpaired) electrons. The molecule has 0 saturated carbocycles. The SMILES string of the molecule is Cc1ccc(COc2ccc(Cl)cc2C2=C(c3cccc(C(=O)O)n3)CCC2)cc1.[Na]. The van der Waals surface area contributed by atoms with E-state index in [1.807, 2.05) is 24.3 Å². The monoisotopic (exact) mass is 442 g/mol. The van der Waals surface area contributed by atoms with Crippen molar-refractivity contribution < 1.29 is 14.6 Å². The summed E-state index contributed by atoms with van der Waals surface area (Å²) in [5.41, 5.74) is 6.18. The van der Waals surface area contributed by atoms with Crippen LogP contribution in [0.1, 0.15) is 52.1 Å². The zero-order valence-corrected chi connectivity index (χ0v) is 20.4. The molecule has 0 saturated heterocycles. The van der Waals surface area contributed by atoms with Gasteiger partial charge < -0.3 is 9.84 Å². The van der Waals surface area contributed by atoms with Gasteiger partial charge in [-0.25, -0.2) is 9.78 Å². The smallest absolute Gasteiger partial charge is 0.354 e. The van der Waals surface area contributed by atoms with Crippen molar-refractivity contribution in [1.29, 1.82) is 0 Å². The van der Waals surface area contributed by atoms with Gasteiger partial charge in [0.05, 0.1) is 5.69 Å². The van der Waals surface area contributed by atoms with Crippen molar-refractivity contribution in [3.63, 3.8) is 0 Å². The molecule has 0 spiro atoms. The van der Waals surface area contributed by atoms with E-state index >= 15 is 0 Å². The molecule has 6 heteroatoms. The zero-order valence-electron chi connectivity index (χ0n) is 17.7. The van der Waals surface area contributed by atoms with Gasteiger partial charge in [-0.1, -0.05) is 47.5 Å². The number of hydrogen-bond donors (Lipinski definition) is 1. The molecule has 153 valence electrons. The summed E-state index contributed by atoms with van der Waals surface area (Å²) in [7, 11) is 0. The third kappa shape index (κ3) is 5.58. The van der Waals surface area contributed by atoms with E-state index in [1.165, 1.54) is 11.6 Å². The third-order valence-electron chi connectivity index (χ3n) is 5.28. The number of hydrogen-bond acceptors (Lipinski definition) is 3. The van der Waals surface area contributed by atoms with Crippen LogP contribution >= 0.6 is 11.6 Å². The number of aromatic carboxylic acids is 1. The summed E-state index contributed by atoms with van der Waals surface area (Å²) in [6, 6.07) is 19.0. The number of allylic oxidation sites excluding steroid dienone is 2. The number of ether oxygens (including phenoxy) is 1. The average molecular weight is 443 g/mol. The maximum atomic E-state index is 11.3. The van der Waals surface area contributed by atoms with Crippen LogP contribution < -0.4 is 4.74 Å². The van der Waals surface area contributed by atoms with E-state index < -0.39 is 5.97 Å². The normalized spacial score (nSPS) is 13.1. The van der Waals surface area contributed by atoms with E-state index in [-0.39, 0.29) is 35.3 Å². The van der Waals surface area contributed by atoms with Gasteiger partial charge in [0.25, 0.3) is 0 Å². The minimum Gasteiger partial charge on any atom is -0.488 e. The molecule has 1 aliphatic carbocycles. The number of aryl methyl sites for hydroxylation is 1. The Morgan fingerprint density at radius 2 is 1.81 bits per heavy atom. The Bertz CT molecular complexity index is 1130. The van der Waals surface area contributed by atoms with Crippen molar-refractivity contribution in [2.75, 3.05) is 0 Å². The van der Waals surface area contributed by atoms with Crippen LogP contribution in [0, 0.1) is 6.92 Å². The quantitative estimate of drug-likeness (QED) is 0.473. The van der Waals surface area contributed by atoms with E-state index in [0.29, 0.717) is 17.3 Å². The number of pyridine rings is 1. The topological polar surface area (TPSA) is 59.4 Å². The maximum Gasteiger partial charge on any atom is 0.354 e. The molecule has 1 aliphatic rings. The van der Waals surface area contributed by atoms with Crippen LogP contribution in [0.15, 0.2) is 60.7 Å². The molecule has 4 rings (SSSR count). The second-order valence-electron chi connectivity index (χ2n) is 7.44. The first-order valence-electron chi connectivity index (χ1n) is 9.92. The zero-order chi connectivity index (χ0) is 21.1. The van der Waals surface area contributed by atoms with Gasteiger partial charge in [-0.3, -0.25) is 0 Å². The Morgan fingerprint density at radius 1 is 1.06 bits per heavy atom. The summed E-state index contributed by atoms with van der Waals surface area (Å²) >= 11 is 6.32. The summed E-state index contributed by atoms with van der Waals surface area (Å²) in [4.78, 5) is 15.7. The fraction of sp³-hybridized carbons (Fsp3) is 0.200. The molecule has 0 aliphatic heterocycles. The van der Waals surface area contributed by atoms with Crippen LogP contribution in [-0.4, -0.2) is 45.6 Å². The van der Waals surface area contributed by atoms with Gasteiger partial charge in [-0.05, 0) is 73.2 Å². The van der Waals surface area contributed by atoms with Gasteiger partial charge in [-0.2, -0.15) is 0 Å². The van der Waals surface area contributed by atoms with Crippen LogP contribution in [0.25, 0.3) is 11.1 Å². The van der Waals surface area contributed by atoms with Crippen LogP contribution in [0.2, 0.25) is 5.02 Å². The van der Waals surface area contributed by atoms with Crippen molar-refractivity contribution in [3.05, 3.63) is 93.8 Å². The maximum absolute atomic E-state index is 11.3. The minimum atomic E-state index is -1.03. The second-order valence-corrected chi connectivity index (χ2v) is 7.88. The van der Waals surface area contributed by atoms with Crippen molar-refractivity contribution in [1.82, 2.24) is 4.98 Å². The molecule has 3 aromatic rings. The fourth-order valence-corrected chi connectivity index (χ4v) is 3.93. The van der Waals surface area contributed by atoms with Crippen molar-refractivity contribution >= 4 is 58.3 Å². The predicted octanol–water partition coefficient (Wildman–Crippen LogP) is 6.03. The summed E-state index contributed by atoms with van der Waals surface area (Å²) in [6.45, 7) is 2.52. The van der Waals surface area contributed by atoms with Crippen LogP contribution in [0.4, 0.5) is 0 Å². The number of nitrogens with zero attached hydrogens (tertiary/aromatic N) is 1. The minimum absolute atomic E-state index is 0. The molecule has 1 N–H and O–H groups in total. The van der Waals surface area contributed by atoms with Gasteiger partial charge in [0.1, 0.15) is 18.1 Å². The van der Waals surface area contributed by atoms with E-state index in [2.05, 4.69) is 36.2 Å². The molecule has 4 nitrogen and oxygen atoms in total. The average Bonchev–Trinajstić information content (AvgIpc) is 3.24. The molecule has 0 atom stereocenters. The first-order chi connectivity index (χ1) is 14.5. The molecule has 2 aromatic carbocycles. The number of halogens is 1. The Kier molecular flexibility index (Phi) is 7.95. The van der Waals surface area contributed by atoms with Gasteiger partial charge in [0, 0.05) is 40.1 Å². The number of carboxylic acids is 1. The molecular formula is C25H22ClNNaO3. The Morgan fingerprint density at radius 3 is 2.55 bits per heavy atom. The number of carbonyl (C=O) groups is 1. The molecule has 0 amide bonds. The van der Waals surface area contributed by atoms with E-state index in [4.69, 9.17) is 16.3 Å². The van der Waals surface area contributed by atoms with E-state index in [9.17, 15) is 9.90 Å². The first kappa shape index (κ1) is 23.6. The Balaban J connectivity index is 0.00000272. The van der Waals surface area contributed by atoms with Crippen LogP contribution in [0.3, 0.4) is 0 Å². The van der Waals surface area contributed by atoms with Crippen LogP contribution in [-0.2, 0) is 6.61 Å². The molecule has 31 heavy (non-hydrogen) atoms. The van der Waals surface area contributed by atoms with Crippen molar-refractivity contribution in [3.8, 4) is 5.75 Å². The largest absolute Gasteiger partial charge is 0.488 e. The molecule has 1 aromatic heterocycles. The Hall–Kier alpha value is -2.11. The standard InChI is InChI=1S/C25H22ClNO3.Na/c1-16-8-10-17(11-9-16)15-30-24-13-12-18(26)14-21(24)19-4-2-5-20(19)22-6-3-7-23(27-22)25(28)29;/h3,6-14H,2,4-5,15H2,1H3,(H,28,29);. The van der Waals surface area contributed by atoms with Gasteiger partial charge in [0.15, 0.2) is 0 Å². The third-order valence-corrected chi connectivity index (χ3v) is 5.51. The second kappa shape index (κ2) is 10.5. The Labute approximate surface area is 209 Å². The van der Waals surface area contributed by atoms with Crippen LogP contribution in [0.5, 0.6) is 5.75 Å². The molecular weight excluding hydrogens is 421 g/mol. The molecule has 0 fully saturated rings. The van der Waals surface area contributed by atoms with E-state index in [0.717, 1.165) is 47.3 Å². The van der Waals surface area contributed by atoms with Gasteiger partial charge in [-0.15, -0.1) is 0 Å². The number of benzene rings is 2. The summed E-state index contributed by atoms with van der Waals surface area (Å²) in [5, 5.41) is 9.93. The predicted molar refractivity (Wildman–Crippen MR) is 125 cm³/mol. The van der Waals surface area contributed by atoms with Crippen molar-refractivity contribution in [2.45, 2.75) is 32.8 Å². The molecule has 0 unspecified atom stereocenters. The van der Waals surface area contributed by atoms with E-state index in [1.54, 1.807) is 6.07 Å². The first-order valence-corrected chi connectivity index (χ1v) is 10.3. The number of aromatic nitrogens is 1. The van der Waals surface area contributed by atoms with Crippen molar-refractivity contribution in [2.24, 2.45) is 0 Å². The summed E-state index contributed by atoms with van der Waals surface area (Å²) in [6.07, 6.45) is 2.69. The molecule has 0 bridgehead atoms. The molecule has 1 heterocycles. The summed E-state index contributed by atoms with van der Waals surface area (Å²) in [5.74, 6) is -0.259. The summed E-state index contributed by atoms with van der Waals surface area (Å²) < 4.78 is 6.17. The number of carboxylic acid groups (broad SMARTS) is 1. The van der Waals surface area contributed by atoms with Gasteiger partial charge >= 0.3 is 5.97 Å². The fourth-order valence-electron chi connectivity index (χ4n) is 3.75. The van der Waals surface area contributed by atoms with Gasteiger partial charge in [0.2, 0.25) is 0 Å². The number of rotatable bonds is 6.